The molecule has 0 aliphatic carbocycles. The van der Waals surface area contributed by atoms with Crippen molar-refractivity contribution in [2.24, 2.45) is 0 Å². The minimum Gasteiger partial charge on any atom is -0.493 e. The number of rotatable bonds is 5. The quantitative estimate of drug-likeness (QED) is 0.896. The summed E-state index contributed by atoms with van der Waals surface area (Å²) in [6, 6.07) is 6.80. The third kappa shape index (κ3) is 4.12. The summed E-state index contributed by atoms with van der Waals surface area (Å²) in [5.41, 5.74) is 1.27. The van der Waals surface area contributed by atoms with Crippen molar-refractivity contribution in [3.63, 3.8) is 0 Å². The van der Waals surface area contributed by atoms with Crippen LogP contribution in [0.3, 0.4) is 0 Å². The molecule has 4 heteroatoms. The molecule has 1 saturated heterocycles. The monoisotopic (exact) mass is 278 g/mol. The van der Waals surface area contributed by atoms with E-state index in [2.05, 4.69) is 29.3 Å². The predicted molar refractivity (Wildman–Crippen MR) is 81.5 cm³/mol. The van der Waals surface area contributed by atoms with Crippen LogP contribution in [0.5, 0.6) is 11.5 Å². The molecule has 1 aliphatic heterocycles. The van der Waals surface area contributed by atoms with Crippen molar-refractivity contribution in [3.8, 4) is 11.5 Å². The van der Waals surface area contributed by atoms with Crippen LogP contribution < -0.4 is 14.8 Å². The van der Waals surface area contributed by atoms with E-state index in [1.807, 2.05) is 19.9 Å². The molecule has 1 aromatic rings. The Labute approximate surface area is 122 Å². The van der Waals surface area contributed by atoms with Crippen molar-refractivity contribution in [1.29, 1.82) is 0 Å². The van der Waals surface area contributed by atoms with Gasteiger partial charge in [-0.2, -0.15) is 0 Å². The first-order valence-electron chi connectivity index (χ1n) is 7.37. The van der Waals surface area contributed by atoms with Gasteiger partial charge in [-0.3, -0.25) is 4.90 Å². The molecule has 112 valence electrons. The highest BCUT2D eigenvalue weighted by Crippen LogP contribution is 2.29. The molecule has 1 heterocycles. The van der Waals surface area contributed by atoms with Crippen molar-refractivity contribution >= 4 is 0 Å². The van der Waals surface area contributed by atoms with E-state index in [1.54, 1.807) is 7.11 Å². The van der Waals surface area contributed by atoms with Crippen LogP contribution in [0.4, 0.5) is 0 Å². The van der Waals surface area contributed by atoms with Crippen molar-refractivity contribution < 1.29 is 9.47 Å². The molecule has 0 unspecified atom stereocenters. The summed E-state index contributed by atoms with van der Waals surface area (Å²) >= 11 is 0. The summed E-state index contributed by atoms with van der Waals surface area (Å²) in [7, 11) is 1.69. The SMILES string of the molecule is COc1cc(CN2CCN[C@H](C)C2)ccc1OC(C)C. The van der Waals surface area contributed by atoms with Gasteiger partial charge in [-0.25, -0.2) is 0 Å². The molecule has 2 rings (SSSR count). The van der Waals surface area contributed by atoms with Gasteiger partial charge in [0.05, 0.1) is 13.2 Å². The molecule has 1 fully saturated rings. The highest BCUT2D eigenvalue weighted by atomic mass is 16.5. The fourth-order valence-electron chi connectivity index (χ4n) is 2.58. The minimum absolute atomic E-state index is 0.156. The van der Waals surface area contributed by atoms with Gasteiger partial charge in [-0.15, -0.1) is 0 Å². The van der Waals surface area contributed by atoms with Crippen LogP contribution in [0.2, 0.25) is 0 Å². The lowest BCUT2D eigenvalue weighted by atomic mass is 10.1. The van der Waals surface area contributed by atoms with Crippen molar-refractivity contribution in [2.75, 3.05) is 26.7 Å². The lowest BCUT2D eigenvalue weighted by Gasteiger charge is -2.31. The standard InChI is InChI=1S/C16H26N2O2/c1-12(2)20-15-6-5-14(9-16(15)19-4)11-18-8-7-17-13(3)10-18/h5-6,9,12-13,17H,7-8,10-11H2,1-4H3/t13-/m1/s1. The Morgan fingerprint density at radius 3 is 2.80 bits per heavy atom. The third-order valence-electron chi connectivity index (χ3n) is 3.45. The minimum atomic E-state index is 0.156. The van der Waals surface area contributed by atoms with E-state index < -0.39 is 0 Å². The highest BCUT2D eigenvalue weighted by Gasteiger charge is 2.16. The van der Waals surface area contributed by atoms with Crippen LogP contribution in [0.25, 0.3) is 0 Å². The first-order chi connectivity index (χ1) is 9.58. The van der Waals surface area contributed by atoms with Crippen molar-refractivity contribution in [3.05, 3.63) is 23.8 Å². The van der Waals surface area contributed by atoms with Crippen LogP contribution in [0, 0.1) is 0 Å². The van der Waals surface area contributed by atoms with Gasteiger partial charge in [-0.05, 0) is 38.5 Å². The van der Waals surface area contributed by atoms with Gasteiger partial charge in [0.2, 0.25) is 0 Å². The van der Waals surface area contributed by atoms with Gasteiger partial charge in [0, 0.05) is 32.2 Å². The summed E-state index contributed by atoms with van der Waals surface area (Å²) in [5, 5.41) is 3.46. The number of hydrogen-bond donors (Lipinski definition) is 1. The van der Waals surface area contributed by atoms with Crippen LogP contribution in [0.15, 0.2) is 18.2 Å². The average Bonchev–Trinajstić information content (AvgIpc) is 2.40. The second kappa shape index (κ2) is 6.95. The normalized spacial score (nSPS) is 20.1. The molecule has 20 heavy (non-hydrogen) atoms. The lowest BCUT2D eigenvalue weighted by Crippen LogP contribution is -2.48. The second-order valence-electron chi connectivity index (χ2n) is 5.74. The van der Waals surface area contributed by atoms with Gasteiger partial charge in [0.1, 0.15) is 0 Å². The molecule has 1 aliphatic rings. The van der Waals surface area contributed by atoms with E-state index in [9.17, 15) is 0 Å². The summed E-state index contributed by atoms with van der Waals surface area (Å²) in [5.74, 6) is 1.64. The first-order valence-corrected chi connectivity index (χ1v) is 7.37. The largest absolute Gasteiger partial charge is 0.493 e. The van der Waals surface area contributed by atoms with E-state index >= 15 is 0 Å². The maximum atomic E-state index is 5.75. The van der Waals surface area contributed by atoms with Crippen molar-refractivity contribution in [2.45, 2.75) is 39.5 Å². The van der Waals surface area contributed by atoms with Crippen LogP contribution in [0.1, 0.15) is 26.3 Å². The third-order valence-corrected chi connectivity index (χ3v) is 3.45. The number of nitrogens with one attached hydrogen (secondary N) is 1. The van der Waals surface area contributed by atoms with Gasteiger partial charge in [-0.1, -0.05) is 6.07 Å². The zero-order valence-corrected chi connectivity index (χ0v) is 13.0. The van der Waals surface area contributed by atoms with E-state index in [0.717, 1.165) is 37.7 Å². The van der Waals surface area contributed by atoms with Gasteiger partial charge < -0.3 is 14.8 Å². The van der Waals surface area contributed by atoms with E-state index in [4.69, 9.17) is 9.47 Å². The number of hydrogen-bond acceptors (Lipinski definition) is 4. The molecule has 0 spiro atoms. The highest BCUT2D eigenvalue weighted by molar-refractivity contribution is 5.43. The summed E-state index contributed by atoms with van der Waals surface area (Å²) in [4.78, 5) is 2.47. The van der Waals surface area contributed by atoms with Gasteiger partial charge in [0.15, 0.2) is 11.5 Å². The number of benzene rings is 1. The molecular weight excluding hydrogens is 252 g/mol. The molecule has 4 nitrogen and oxygen atoms in total. The Bertz CT molecular complexity index is 434. The molecule has 1 atom stereocenters. The number of nitrogens with zero attached hydrogens (tertiary/aromatic N) is 1. The van der Waals surface area contributed by atoms with Crippen molar-refractivity contribution in [1.82, 2.24) is 10.2 Å². The fraction of sp³-hybridized carbons (Fsp3) is 0.625. The van der Waals surface area contributed by atoms with E-state index in [1.165, 1.54) is 5.56 Å². The van der Waals surface area contributed by atoms with Gasteiger partial charge >= 0.3 is 0 Å². The Kier molecular flexibility index (Phi) is 5.26. The number of piperazine rings is 1. The molecule has 0 radical (unpaired) electrons. The van der Waals surface area contributed by atoms with E-state index in [0.29, 0.717) is 6.04 Å². The number of ether oxygens (including phenoxy) is 2. The maximum absolute atomic E-state index is 5.75. The average molecular weight is 278 g/mol. The zero-order chi connectivity index (χ0) is 14.5. The van der Waals surface area contributed by atoms with Crippen LogP contribution >= 0.6 is 0 Å². The Hall–Kier alpha value is -1.26. The molecule has 0 amide bonds. The Balaban J connectivity index is 2.05. The smallest absolute Gasteiger partial charge is 0.161 e. The van der Waals surface area contributed by atoms with E-state index in [-0.39, 0.29) is 6.10 Å². The fourth-order valence-corrected chi connectivity index (χ4v) is 2.58. The molecular formula is C16H26N2O2. The zero-order valence-electron chi connectivity index (χ0n) is 13.0. The van der Waals surface area contributed by atoms with Gasteiger partial charge in [0.25, 0.3) is 0 Å². The molecule has 1 N–H and O–H groups in total. The summed E-state index contributed by atoms with van der Waals surface area (Å²) in [6.45, 7) is 10.5. The molecule has 1 aromatic carbocycles. The van der Waals surface area contributed by atoms with Crippen LogP contribution in [-0.4, -0.2) is 43.8 Å². The topological polar surface area (TPSA) is 33.7 Å². The Morgan fingerprint density at radius 1 is 1.35 bits per heavy atom. The molecule has 0 aromatic heterocycles. The van der Waals surface area contributed by atoms with Crippen LogP contribution in [-0.2, 0) is 6.54 Å². The molecule has 0 saturated carbocycles. The predicted octanol–water partition coefficient (Wildman–Crippen LogP) is 2.28. The maximum Gasteiger partial charge on any atom is 0.161 e. The molecule has 0 bridgehead atoms. The second-order valence-corrected chi connectivity index (χ2v) is 5.74. The Morgan fingerprint density at radius 2 is 2.15 bits per heavy atom. The summed E-state index contributed by atoms with van der Waals surface area (Å²) < 4.78 is 11.2. The lowest BCUT2D eigenvalue weighted by molar-refractivity contribution is 0.199. The summed E-state index contributed by atoms with van der Waals surface area (Å²) in [6.07, 6.45) is 0.156. The first kappa shape index (κ1) is 15.1. The number of methoxy groups -OCH3 is 1.